The molecule has 2 fully saturated rings. The number of hydrogen-bond acceptors (Lipinski definition) is 6. The van der Waals surface area contributed by atoms with E-state index in [1.54, 1.807) is 0 Å². The van der Waals surface area contributed by atoms with E-state index in [-0.39, 0.29) is 24.3 Å². The highest BCUT2D eigenvalue weighted by Gasteiger charge is 2.36. The van der Waals surface area contributed by atoms with Crippen LogP contribution < -0.4 is 9.47 Å². The molecule has 2 aliphatic heterocycles. The zero-order valence-electron chi connectivity index (χ0n) is 29.9. The standard InChI is InChI=1S/C46H48N4O2/c1-3-29-49-31-13-11-27-41(49)43(37-25-15-19-33-17-5-7-21-35(33)37)51-45-39-23-9-10-24-40(39)46(48-47-45)52-44(42-28-12-14-32-50(42)30-4-2)38-26-16-20-34-18-6-8-22-36(34)38/h3-10,15-26,41-44H,1-2,11-14,27-32H2/t41?,42?,43-,44?/m1/s1. The van der Waals surface area contributed by atoms with Crippen LogP contribution in [0.3, 0.4) is 0 Å². The lowest BCUT2D eigenvalue weighted by atomic mass is 9.90. The molecule has 0 radical (unpaired) electrons. The van der Waals surface area contributed by atoms with E-state index in [0.717, 1.165) is 62.6 Å². The van der Waals surface area contributed by atoms with Crippen molar-refractivity contribution in [3.8, 4) is 11.8 Å². The Hall–Kier alpha value is -5.04. The summed E-state index contributed by atoms with van der Waals surface area (Å²) in [6.45, 7) is 11.8. The lowest BCUT2D eigenvalue weighted by Gasteiger charge is -2.40. The maximum absolute atomic E-state index is 7.18. The second kappa shape index (κ2) is 15.7. The monoisotopic (exact) mass is 688 g/mol. The van der Waals surface area contributed by atoms with E-state index < -0.39 is 0 Å². The third kappa shape index (κ3) is 6.81. The van der Waals surface area contributed by atoms with Crippen molar-refractivity contribution in [2.24, 2.45) is 0 Å². The van der Waals surface area contributed by atoms with Gasteiger partial charge in [0.2, 0.25) is 11.8 Å². The number of aromatic nitrogens is 2. The van der Waals surface area contributed by atoms with Gasteiger partial charge in [0.15, 0.2) is 0 Å². The summed E-state index contributed by atoms with van der Waals surface area (Å²) >= 11 is 0. The minimum Gasteiger partial charge on any atom is -0.466 e. The van der Waals surface area contributed by atoms with Gasteiger partial charge < -0.3 is 9.47 Å². The van der Waals surface area contributed by atoms with Crippen molar-refractivity contribution in [3.63, 3.8) is 0 Å². The van der Waals surface area contributed by atoms with Crippen LogP contribution in [0.15, 0.2) is 135 Å². The van der Waals surface area contributed by atoms with Gasteiger partial charge in [-0.1, -0.05) is 122 Å². The van der Waals surface area contributed by atoms with Gasteiger partial charge in [0.1, 0.15) is 12.2 Å². The SMILES string of the molecule is C=CCN1CCCCC1C(Oc1nnc(O[C@H](c2cccc3ccccc23)C2CCCCN2CC=C)c2ccccc12)c1cccc2ccccc12. The maximum Gasteiger partial charge on any atom is 0.242 e. The van der Waals surface area contributed by atoms with E-state index in [1.807, 2.05) is 24.3 Å². The van der Waals surface area contributed by atoms with E-state index in [9.17, 15) is 0 Å². The quantitative estimate of drug-likeness (QED) is 0.119. The molecule has 8 rings (SSSR count). The van der Waals surface area contributed by atoms with Gasteiger partial charge in [0.05, 0.1) is 22.9 Å². The van der Waals surface area contributed by atoms with E-state index in [2.05, 4.69) is 120 Å². The van der Waals surface area contributed by atoms with Crippen molar-refractivity contribution >= 4 is 32.3 Å². The van der Waals surface area contributed by atoms with Gasteiger partial charge in [-0.3, -0.25) is 9.80 Å². The van der Waals surface area contributed by atoms with Crippen LogP contribution in [0.25, 0.3) is 32.3 Å². The van der Waals surface area contributed by atoms with Gasteiger partial charge in [-0.15, -0.1) is 23.4 Å². The molecule has 1 aromatic heterocycles. The number of ether oxygens (including phenoxy) is 2. The van der Waals surface area contributed by atoms with Crippen LogP contribution in [0.1, 0.15) is 61.9 Å². The van der Waals surface area contributed by atoms with Crippen molar-refractivity contribution in [1.29, 1.82) is 0 Å². The highest BCUT2D eigenvalue weighted by molar-refractivity contribution is 5.91. The summed E-state index contributed by atoms with van der Waals surface area (Å²) in [4.78, 5) is 5.04. The molecule has 5 aromatic carbocycles. The van der Waals surface area contributed by atoms with E-state index in [1.165, 1.54) is 45.5 Å². The van der Waals surface area contributed by atoms with E-state index in [0.29, 0.717) is 11.8 Å². The molecule has 0 saturated carbocycles. The summed E-state index contributed by atoms with van der Waals surface area (Å²) in [5.74, 6) is 1.05. The molecule has 0 bridgehead atoms. The van der Waals surface area contributed by atoms with Crippen molar-refractivity contribution in [2.75, 3.05) is 26.2 Å². The van der Waals surface area contributed by atoms with Crippen LogP contribution in [0, 0.1) is 0 Å². The fourth-order valence-electron chi connectivity index (χ4n) is 8.67. The van der Waals surface area contributed by atoms with Crippen molar-refractivity contribution < 1.29 is 9.47 Å². The molecule has 2 aliphatic rings. The predicted octanol–water partition coefficient (Wildman–Crippen LogP) is 10.3. The lowest BCUT2D eigenvalue weighted by Crippen LogP contribution is -2.45. The van der Waals surface area contributed by atoms with Crippen molar-refractivity contribution in [2.45, 2.75) is 62.8 Å². The smallest absolute Gasteiger partial charge is 0.242 e. The Labute approximate surface area is 307 Å². The Kier molecular flexibility index (Phi) is 10.3. The Morgan fingerprint density at radius 3 is 1.38 bits per heavy atom. The first-order valence-electron chi connectivity index (χ1n) is 19.0. The normalized spacial score (nSPS) is 19.7. The van der Waals surface area contributed by atoms with Crippen LogP contribution in [-0.2, 0) is 0 Å². The fraction of sp³-hybridized carbons (Fsp3) is 0.304. The third-order valence-corrected chi connectivity index (χ3v) is 11.1. The van der Waals surface area contributed by atoms with Crippen molar-refractivity contribution in [3.05, 3.63) is 146 Å². The molecule has 52 heavy (non-hydrogen) atoms. The number of hydrogen-bond donors (Lipinski definition) is 0. The van der Waals surface area contributed by atoms with Gasteiger partial charge in [0.25, 0.3) is 0 Å². The first-order valence-corrected chi connectivity index (χ1v) is 19.0. The molecular weight excluding hydrogens is 641 g/mol. The number of piperidine rings is 2. The first-order chi connectivity index (χ1) is 25.7. The molecule has 3 heterocycles. The average Bonchev–Trinajstić information content (AvgIpc) is 3.20. The summed E-state index contributed by atoms with van der Waals surface area (Å²) in [7, 11) is 0. The second-order valence-corrected chi connectivity index (χ2v) is 14.3. The summed E-state index contributed by atoms with van der Waals surface area (Å²) in [6, 6.07) is 38.8. The second-order valence-electron chi connectivity index (χ2n) is 14.3. The number of rotatable bonds is 12. The minimum absolute atomic E-state index is 0.159. The average molecular weight is 689 g/mol. The number of benzene rings is 5. The Balaban J connectivity index is 1.22. The molecule has 0 amide bonds. The molecule has 264 valence electrons. The molecule has 0 N–H and O–H groups in total. The number of fused-ring (bicyclic) bond motifs is 3. The number of nitrogens with zero attached hydrogens (tertiary/aromatic N) is 4. The van der Waals surface area contributed by atoms with Crippen LogP contribution in [0.5, 0.6) is 11.8 Å². The van der Waals surface area contributed by atoms with Crippen LogP contribution in [0.4, 0.5) is 0 Å². The molecule has 0 aliphatic carbocycles. The highest BCUT2D eigenvalue weighted by Crippen LogP contribution is 2.41. The molecular formula is C46H48N4O2. The zero-order valence-corrected chi connectivity index (χ0v) is 29.9. The zero-order chi connectivity index (χ0) is 35.3. The highest BCUT2D eigenvalue weighted by atomic mass is 16.5. The van der Waals surface area contributed by atoms with Gasteiger partial charge in [-0.05, 0) is 72.5 Å². The van der Waals surface area contributed by atoms with E-state index in [4.69, 9.17) is 19.7 Å². The van der Waals surface area contributed by atoms with Crippen LogP contribution >= 0.6 is 0 Å². The Morgan fingerprint density at radius 1 is 0.538 bits per heavy atom. The molecule has 6 heteroatoms. The van der Waals surface area contributed by atoms with Gasteiger partial charge >= 0.3 is 0 Å². The molecule has 2 saturated heterocycles. The molecule has 3 unspecified atom stereocenters. The Morgan fingerprint density at radius 2 is 0.942 bits per heavy atom. The van der Waals surface area contributed by atoms with Crippen LogP contribution in [-0.4, -0.2) is 58.3 Å². The van der Waals surface area contributed by atoms with Gasteiger partial charge in [-0.25, -0.2) is 0 Å². The summed E-state index contributed by atoms with van der Waals surface area (Å²) < 4.78 is 14.4. The van der Waals surface area contributed by atoms with Gasteiger partial charge in [0, 0.05) is 24.2 Å². The van der Waals surface area contributed by atoms with Gasteiger partial charge in [-0.2, -0.15) is 0 Å². The lowest BCUT2D eigenvalue weighted by molar-refractivity contribution is 0.0423. The molecule has 6 nitrogen and oxygen atoms in total. The fourth-order valence-corrected chi connectivity index (χ4v) is 8.67. The molecule has 6 aromatic rings. The topological polar surface area (TPSA) is 50.7 Å². The predicted molar refractivity (Wildman–Crippen MR) is 213 cm³/mol. The van der Waals surface area contributed by atoms with Crippen LogP contribution in [0.2, 0.25) is 0 Å². The molecule has 4 atom stereocenters. The minimum atomic E-state index is -0.256. The Bertz CT molecular complexity index is 2020. The first kappa shape index (κ1) is 34.1. The largest absolute Gasteiger partial charge is 0.466 e. The van der Waals surface area contributed by atoms with E-state index >= 15 is 0 Å². The summed E-state index contributed by atoms with van der Waals surface area (Å²) in [6.07, 6.45) is 10.2. The maximum atomic E-state index is 7.18. The molecule has 0 spiro atoms. The summed E-state index contributed by atoms with van der Waals surface area (Å²) in [5.41, 5.74) is 2.33. The van der Waals surface area contributed by atoms with Crippen molar-refractivity contribution in [1.82, 2.24) is 20.0 Å². The summed E-state index contributed by atoms with van der Waals surface area (Å²) in [5, 5.41) is 16.3. The number of likely N-dealkylation sites (tertiary alicyclic amines) is 2. The third-order valence-electron chi connectivity index (χ3n) is 11.1.